The summed E-state index contributed by atoms with van der Waals surface area (Å²) in [6.07, 6.45) is 3.90. The minimum Gasteiger partial charge on any atom is -0.394 e. The van der Waals surface area contributed by atoms with Crippen molar-refractivity contribution >= 4 is 11.8 Å². The lowest BCUT2D eigenvalue weighted by Crippen LogP contribution is -2.42. The smallest absolute Gasteiger partial charge is 0.292 e. The van der Waals surface area contributed by atoms with Gasteiger partial charge in [0.1, 0.15) is 5.75 Å². The van der Waals surface area contributed by atoms with Crippen molar-refractivity contribution in [2.45, 2.75) is 6.42 Å². The molecule has 0 fully saturated rings. The van der Waals surface area contributed by atoms with Gasteiger partial charge in [0.25, 0.3) is 6.26 Å². The topological polar surface area (TPSA) is 221 Å². The van der Waals surface area contributed by atoms with Crippen LogP contribution in [0, 0.1) is 16.9 Å². The molecule has 0 aliphatic carbocycles. The van der Waals surface area contributed by atoms with Crippen LogP contribution in [0.25, 0.3) is 0 Å². The summed E-state index contributed by atoms with van der Waals surface area (Å²) in [6.45, 7) is 1.03. The van der Waals surface area contributed by atoms with Gasteiger partial charge in [0.15, 0.2) is 0 Å². The minimum absolute atomic E-state index is 0.0947. The van der Waals surface area contributed by atoms with Gasteiger partial charge < -0.3 is 54.3 Å². The van der Waals surface area contributed by atoms with Crippen LogP contribution in [0.1, 0.15) is 11.1 Å². The van der Waals surface area contributed by atoms with E-state index in [0.29, 0.717) is 11.4 Å². The highest BCUT2D eigenvalue weighted by molar-refractivity contribution is 5.49. The third-order valence-corrected chi connectivity index (χ3v) is 5.28. The molecule has 0 heterocycles. The van der Waals surface area contributed by atoms with Crippen LogP contribution in [0.15, 0.2) is 53.5 Å². The molecular weight excluding hydrogens is 580 g/mol. The van der Waals surface area contributed by atoms with Crippen molar-refractivity contribution in [2.75, 3.05) is 92.5 Å². The standard InChI is InChI=1S/C15H10N2O2.C13H28O8.C2H6O2/c16-10-19-15-7-3-13(4-8-15)9-12-1-5-14(6-2-12)17-11-18;14-1-5-18-9-13(10-19-6-2-15,11-20-7-3-16)12-21-8-4-17;3-1-2-4/h1-8H,9H2;14-17H,1-12H2;3-4H,1-2H2. The number of rotatable bonds is 21. The lowest BCUT2D eigenvalue weighted by atomic mass is 9.92. The number of nitrogens with zero attached hydrogens (tertiary/aromatic N) is 2. The molecule has 44 heavy (non-hydrogen) atoms. The van der Waals surface area contributed by atoms with E-state index >= 15 is 0 Å². The molecule has 0 unspecified atom stereocenters. The van der Waals surface area contributed by atoms with Gasteiger partial charge in [0.2, 0.25) is 6.08 Å². The summed E-state index contributed by atoms with van der Waals surface area (Å²) in [5.74, 6) is 0.530. The zero-order valence-corrected chi connectivity index (χ0v) is 24.8. The SMILES string of the molecule is N#COc1ccc(Cc2ccc(N=C=O)cc2)cc1.OCCO.OCCOCC(COCCO)(COCCO)COCCO. The van der Waals surface area contributed by atoms with Crippen molar-refractivity contribution in [3.05, 3.63) is 59.7 Å². The number of carbonyl (C=O) groups excluding carboxylic acids is 1. The molecule has 2 aromatic rings. The maximum absolute atomic E-state index is 10.1. The fourth-order valence-electron chi connectivity index (χ4n) is 3.37. The molecule has 0 saturated heterocycles. The first-order valence-electron chi connectivity index (χ1n) is 13.8. The molecule has 14 nitrogen and oxygen atoms in total. The maximum atomic E-state index is 10.1. The number of aliphatic hydroxyl groups is 6. The number of nitriles is 1. The Morgan fingerprint density at radius 2 is 1.00 bits per heavy atom. The van der Waals surface area contributed by atoms with Gasteiger partial charge in [0.05, 0.1) is 104 Å². The number of hydrogen-bond donors (Lipinski definition) is 6. The van der Waals surface area contributed by atoms with Gasteiger partial charge in [-0.25, -0.2) is 4.79 Å². The first-order valence-corrected chi connectivity index (χ1v) is 13.8. The lowest BCUT2D eigenvalue weighted by Gasteiger charge is -2.32. The van der Waals surface area contributed by atoms with E-state index in [2.05, 4.69) is 4.99 Å². The van der Waals surface area contributed by atoms with Crippen LogP contribution in [0.5, 0.6) is 5.75 Å². The maximum Gasteiger partial charge on any atom is 0.292 e. The van der Waals surface area contributed by atoms with Crippen LogP contribution < -0.4 is 4.74 Å². The van der Waals surface area contributed by atoms with E-state index in [1.807, 2.05) is 24.3 Å². The average Bonchev–Trinajstić information content (AvgIpc) is 3.04. The summed E-state index contributed by atoms with van der Waals surface area (Å²) in [6, 6.07) is 14.7. The molecule has 2 aromatic carbocycles. The second-order valence-electron chi connectivity index (χ2n) is 8.94. The number of hydrogen-bond acceptors (Lipinski definition) is 14. The third-order valence-electron chi connectivity index (χ3n) is 5.28. The molecule has 246 valence electrons. The van der Waals surface area contributed by atoms with E-state index in [0.717, 1.165) is 17.5 Å². The van der Waals surface area contributed by atoms with Crippen molar-refractivity contribution in [3.63, 3.8) is 0 Å². The predicted molar refractivity (Wildman–Crippen MR) is 158 cm³/mol. The van der Waals surface area contributed by atoms with Gasteiger partial charge in [-0.1, -0.05) is 24.3 Å². The molecule has 0 saturated carbocycles. The van der Waals surface area contributed by atoms with Crippen LogP contribution in [0.4, 0.5) is 5.69 Å². The van der Waals surface area contributed by atoms with Crippen LogP contribution in [-0.2, 0) is 30.2 Å². The molecule has 0 aromatic heterocycles. The monoisotopic (exact) mass is 624 g/mol. The Morgan fingerprint density at radius 3 is 1.32 bits per heavy atom. The first kappa shape index (κ1) is 40.7. The van der Waals surface area contributed by atoms with Gasteiger partial charge in [-0.15, -0.1) is 5.26 Å². The van der Waals surface area contributed by atoms with Crippen LogP contribution in [-0.4, -0.2) is 129 Å². The molecule has 0 amide bonds. The van der Waals surface area contributed by atoms with E-state index in [1.54, 1.807) is 30.5 Å². The lowest BCUT2D eigenvalue weighted by molar-refractivity contribution is -0.115. The van der Waals surface area contributed by atoms with Gasteiger partial charge in [-0.3, -0.25) is 0 Å². The molecular formula is C30H44N2O12. The molecule has 0 aliphatic heterocycles. The number of isocyanates is 1. The van der Waals surface area contributed by atoms with Crippen molar-refractivity contribution in [2.24, 2.45) is 10.4 Å². The van der Waals surface area contributed by atoms with E-state index in [4.69, 9.17) is 59.6 Å². The second-order valence-corrected chi connectivity index (χ2v) is 8.94. The Balaban J connectivity index is 0.000000750. The van der Waals surface area contributed by atoms with E-state index in [9.17, 15) is 4.79 Å². The molecule has 6 N–H and O–H groups in total. The summed E-state index contributed by atoms with van der Waals surface area (Å²) in [5.41, 5.74) is 2.18. The van der Waals surface area contributed by atoms with Gasteiger partial charge in [0, 0.05) is 0 Å². The van der Waals surface area contributed by atoms with Crippen LogP contribution >= 0.6 is 0 Å². The number of ether oxygens (including phenoxy) is 5. The molecule has 14 heteroatoms. The minimum atomic E-state index is -0.630. The Labute approximate surface area is 257 Å². The van der Waals surface area contributed by atoms with Crippen LogP contribution in [0.3, 0.4) is 0 Å². The largest absolute Gasteiger partial charge is 0.394 e. The Kier molecular flexibility index (Phi) is 26.3. The van der Waals surface area contributed by atoms with Gasteiger partial charge >= 0.3 is 0 Å². The molecule has 0 bridgehead atoms. The summed E-state index contributed by atoms with van der Waals surface area (Å²) < 4.78 is 26.2. The predicted octanol–water partition coefficient (Wildman–Crippen LogP) is 0.0840. The van der Waals surface area contributed by atoms with E-state index in [1.165, 1.54) is 6.08 Å². The fraction of sp³-hybridized carbons (Fsp3) is 0.533. The van der Waals surface area contributed by atoms with Gasteiger partial charge in [-0.05, 0) is 41.8 Å². The van der Waals surface area contributed by atoms with Crippen molar-refractivity contribution in [3.8, 4) is 12.0 Å². The average molecular weight is 625 g/mol. The number of aliphatic imine (C=N–C) groups is 1. The normalized spacial score (nSPS) is 10.4. The number of aliphatic hydroxyl groups excluding tert-OH is 6. The van der Waals surface area contributed by atoms with Crippen LogP contribution in [0.2, 0.25) is 0 Å². The zero-order valence-electron chi connectivity index (χ0n) is 24.8. The molecule has 0 aliphatic rings. The quantitative estimate of drug-likeness (QED) is 0.0470. The third kappa shape index (κ3) is 20.6. The highest BCUT2D eigenvalue weighted by atomic mass is 16.5. The second kappa shape index (κ2) is 28.5. The zero-order chi connectivity index (χ0) is 32.7. The summed E-state index contributed by atoms with van der Waals surface area (Å²) in [5, 5.41) is 58.8. The molecule has 0 spiro atoms. The first-order chi connectivity index (χ1) is 21.5. The Morgan fingerprint density at radius 1 is 0.614 bits per heavy atom. The molecule has 2 rings (SSSR count). The van der Waals surface area contributed by atoms with Crippen molar-refractivity contribution in [1.29, 1.82) is 5.26 Å². The van der Waals surface area contributed by atoms with E-state index in [-0.39, 0.29) is 92.5 Å². The fourth-order valence-corrected chi connectivity index (χ4v) is 3.37. The highest BCUT2D eigenvalue weighted by Crippen LogP contribution is 2.21. The van der Waals surface area contributed by atoms with E-state index < -0.39 is 5.41 Å². The highest BCUT2D eigenvalue weighted by Gasteiger charge is 2.32. The summed E-state index contributed by atoms with van der Waals surface area (Å²) >= 11 is 0. The summed E-state index contributed by atoms with van der Waals surface area (Å²) in [4.78, 5) is 13.6. The summed E-state index contributed by atoms with van der Waals surface area (Å²) in [7, 11) is 0. The van der Waals surface area contributed by atoms with Crippen molar-refractivity contribution < 1.29 is 59.1 Å². The Hall–Kier alpha value is -3.29. The number of benzene rings is 2. The molecule has 0 radical (unpaired) electrons. The van der Waals surface area contributed by atoms with Gasteiger partial charge in [-0.2, -0.15) is 4.99 Å². The van der Waals surface area contributed by atoms with Crippen molar-refractivity contribution in [1.82, 2.24) is 0 Å². The molecule has 0 atom stereocenters. The Bertz CT molecular complexity index is 978.